The van der Waals surface area contributed by atoms with E-state index >= 15 is 0 Å². The van der Waals surface area contributed by atoms with Crippen molar-refractivity contribution >= 4 is 39.8 Å². The van der Waals surface area contributed by atoms with Crippen LogP contribution in [0.4, 0.5) is 5.69 Å². The van der Waals surface area contributed by atoms with Gasteiger partial charge in [-0.05, 0) is 56.2 Å². The Labute approximate surface area is 190 Å². The molecule has 1 aromatic carbocycles. The first-order chi connectivity index (χ1) is 14.2. The van der Waals surface area contributed by atoms with Crippen molar-refractivity contribution in [3.8, 4) is 0 Å². The summed E-state index contributed by atoms with van der Waals surface area (Å²) >= 11 is 0. The molecule has 1 saturated heterocycles. The van der Waals surface area contributed by atoms with Gasteiger partial charge in [0.15, 0.2) is 9.84 Å². The molecule has 3 N–H and O–H groups in total. The van der Waals surface area contributed by atoms with Gasteiger partial charge in [-0.25, -0.2) is 8.42 Å². The smallest absolute Gasteiger partial charge is 0.303 e. The number of hydrogen-bond acceptors (Lipinski definition) is 6. The lowest BCUT2D eigenvalue weighted by Gasteiger charge is -2.31. The molecular formula is C21H32ClN3O5S. The van der Waals surface area contributed by atoms with Gasteiger partial charge < -0.3 is 20.6 Å². The van der Waals surface area contributed by atoms with Crippen molar-refractivity contribution in [2.24, 2.45) is 5.92 Å². The Morgan fingerprint density at radius 2 is 1.81 bits per heavy atom. The third-order valence-corrected chi connectivity index (χ3v) is 7.15. The van der Waals surface area contributed by atoms with Gasteiger partial charge in [-0.1, -0.05) is 0 Å². The summed E-state index contributed by atoms with van der Waals surface area (Å²) < 4.78 is 24.8. The van der Waals surface area contributed by atoms with Crippen molar-refractivity contribution in [3.63, 3.8) is 0 Å². The molecule has 0 aromatic heterocycles. The highest BCUT2D eigenvalue weighted by molar-refractivity contribution is 7.90. The molecule has 2 fully saturated rings. The molecule has 0 radical (unpaired) electrons. The Balaban J connectivity index is 0.00000341. The zero-order chi connectivity index (χ0) is 21.7. The number of halogens is 1. The van der Waals surface area contributed by atoms with Crippen LogP contribution in [0.5, 0.6) is 0 Å². The van der Waals surface area contributed by atoms with Crippen molar-refractivity contribution in [3.05, 3.63) is 23.8 Å². The second-order valence-corrected chi connectivity index (χ2v) is 10.3. The van der Waals surface area contributed by atoms with Crippen molar-refractivity contribution in [1.82, 2.24) is 10.6 Å². The number of rotatable bonds is 7. The summed E-state index contributed by atoms with van der Waals surface area (Å²) in [6.45, 7) is 3.03. The first kappa shape index (κ1) is 25.4. The fourth-order valence-corrected chi connectivity index (χ4v) is 5.23. The van der Waals surface area contributed by atoms with E-state index in [1.54, 1.807) is 12.1 Å². The van der Waals surface area contributed by atoms with Gasteiger partial charge in [-0.3, -0.25) is 9.59 Å². The largest absolute Gasteiger partial charge is 0.481 e. The van der Waals surface area contributed by atoms with Crippen LogP contribution in [0.15, 0.2) is 23.1 Å². The van der Waals surface area contributed by atoms with Crippen molar-refractivity contribution < 1.29 is 23.1 Å². The highest BCUT2D eigenvalue weighted by Crippen LogP contribution is 2.29. The van der Waals surface area contributed by atoms with Gasteiger partial charge in [0.1, 0.15) is 0 Å². The molecule has 0 atom stereocenters. The summed E-state index contributed by atoms with van der Waals surface area (Å²) in [5.41, 5.74) is 0.997. The van der Waals surface area contributed by atoms with Crippen LogP contribution in [0.3, 0.4) is 0 Å². The maximum atomic E-state index is 12.8. The highest BCUT2D eigenvalue weighted by Gasteiger charge is 2.25. The first-order valence-corrected chi connectivity index (χ1v) is 12.5. The lowest BCUT2D eigenvalue weighted by molar-refractivity contribution is -0.137. The molecule has 2 aliphatic rings. The lowest BCUT2D eigenvalue weighted by atomic mass is 9.83. The predicted octanol–water partition coefficient (Wildman–Crippen LogP) is 2.07. The number of carbonyl (C=O) groups excluding carboxylic acids is 1. The van der Waals surface area contributed by atoms with Crippen LogP contribution in [0.2, 0.25) is 0 Å². The summed E-state index contributed by atoms with van der Waals surface area (Å²) in [5.74, 6) is -0.637. The summed E-state index contributed by atoms with van der Waals surface area (Å²) in [6.07, 6.45) is 5.47. The molecule has 1 aliphatic heterocycles. The third kappa shape index (κ3) is 7.08. The van der Waals surface area contributed by atoms with Crippen LogP contribution in [-0.4, -0.2) is 63.9 Å². The number of hydrogen-bond donors (Lipinski definition) is 3. The Hall–Kier alpha value is -1.84. The van der Waals surface area contributed by atoms with Gasteiger partial charge in [0.25, 0.3) is 5.91 Å². The van der Waals surface area contributed by atoms with Crippen LogP contribution in [0.25, 0.3) is 0 Å². The highest BCUT2D eigenvalue weighted by atomic mass is 35.5. The number of sulfone groups is 1. The molecule has 0 spiro atoms. The predicted molar refractivity (Wildman–Crippen MR) is 122 cm³/mol. The molecule has 174 valence electrons. The Morgan fingerprint density at radius 3 is 2.39 bits per heavy atom. The Kier molecular flexibility index (Phi) is 9.14. The summed E-state index contributed by atoms with van der Waals surface area (Å²) in [4.78, 5) is 25.7. The van der Waals surface area contributed by atoms with Gasteiger partial charge >= 0.3 is 5.97 Å². The van der Waals surface area contributed by atoms with Crippen molar-refractivity contribution in [2.75, 3.05) is 37.3 Å². The fraction of sp³-hybridized carbons (Fsp3) is 0.619. The van der Waals surface area contributed by atoms with Crippen LogP contribution in [-0.2, 0) is 14.6 Å². The van der Waals surface area contributed by atoms with E-state index < -0.39 is 15.8 Å². The molecule has 31 heavy (non-hydrogen) atoms. The summed E-state index contributed by atoms with van der Waals surface area (Å²) in [5, 5.41) is 15.1. The number of amides is 1. The standard InChI is InChI=1S/C21H31N3O5S.ClH/c1-30(28,29)19-14-16(5-8-18(19)24-12-10-22-11-13-24)21(27)23-17-6-2-15(3-7-17)4-9-20(25)26;/h5,8,14-15,17,22H,2-4,6-7,9-13H2,1H3,(H,23,27)(H,25,26);1H/t15-,17-;. The monoisotopic (exact) mass is 473 g/mol. The average Bonchev–Trinajstić information content (AvgIpc) is 2.72. The molecule has 1 saturated carbocycles. The maximum Gasteiger partial charge on any atom is 0.303 e. The molecule has 1 heterocycles. The van der Waals surface area contributed by atoms with Gasteiger partial charge in [0.2, 0.25) is 0 Å². The minimum absolute atomic E-state index is 0. The van der Waals surface area contributed by atoms with E-state index in [0.29, 0.717) is 23.6 Å². The van der Waals surface area contributed by atoms with E-state index in [1.165, 1.54) is 12.3 Å². The molecule has 10 heteroatoms. The second-order valence-electron chi connectivity index (χ2n) is 8.32. The van der Waals surface area contributed by atoms with Crippen LogP contribution in [0.1, 0.15) is 48.9 Å². The van der Waals surface area contributed by atoms with E-state index in [1.807, 2.05) is 4.90 Å². The normalized spacial score (nSPS) is 21.8. The minimum atomic E-state index is -3.48. The van der Waals surface area contributed by atoms with E-state index in [9.17, 15) is 18.0 Å². The van der Waals surface area contributed by atoms with Crippen LogP contribution < -0.4 is 15.5 Å². The Morgan fingerprint density at radius 1 is 1.16 bits per heavy atom. The number of carboxylic acid groups (broad SMARTS) is 1. The van der Waals surface area contributed by atoms with Gasteiger partial charge in [-0.15, -0.1) is 12.4 Å². The quantitative estimate of drug-likeness (QED) is 0.555. The van der Waals surface area contributed by atoms with Crippen molar-refractivity contribution in [2.45, 2.75) is 49.5 Å². The number of aliphatic carboxylic acids is 1. The second kappa shape index (κ2) is 11.2. The number of anilines is 1. The topological polar surface area (TPSA) is 116 Å². The van der Waals surface area contributed by atoms with Gasteiger partial charge in [-0.2, -0.15) is 0 Å². The third-order valence-electron chi connectivity index (χ3n) is 6.03. The molecule has 1 amide bonds. The van der Waals surface area contributed by atoms with Crippen molar-refractivity contribution in [1.29, 1.82) is 0 Å². The number of carbonyl (C=O) groups is 2. The molecule has 0 unspecified atom stereocenters. The zero-order valence-corrected chi connectivity index (χ0v) is 19.4. The fourth-order valence-electron chi connectivity index (χ4n) is 4.31. The number of carboxylic acids is 1. The number of piperazine rings is 1. The van der Waals surface area contributed by atoms with Crippen LogP contribution >= 0.6 is 12.4 Å². The van der Waals surface area contributed by atoms with Crippen LogP contribution in [0, 0.1) is 5.92 Å². The molecule has 8 nitrogen and oxygen atoms in total. The van der Waals surface area contributed by atoms with E-state index in [-0.39, 0.29) is 35.7 Å². The average molecular weight is 474 g/mol. The lowest BCUT2D eigenvalue weighted by Crippen LogP contribution is -2.44. The zero-order valence-electron chi connectivity index (χ0n) is 17.8. The maximum absolute atomic E-state index is 12.8. The minimum Gasteiger partial charge on any atom is -0.481 e. The van der Waals surface area contributed by atoms with E-state index in [2.05, 4.69) is 10.6 Å². The SMILES string of the molecule is CS(=O)(=O)c1cc(C(=O)N[C@H]2CC[C@H](CCC(=O)O)CC2)ccc1N1CCNCC1.Cl. The molecule has 3 rings (SSSR count). The number of nitrogens with one attached hydrogen (secondary N) is 2. The van der Waals surface area contributed by atoms with Gasteiger partial charge in [0.05, 0.1) is 10.6 Å². The van der Waals surface area contributed by atoms with Gasteiger partial charge in [0, 0.05) is 50.5 Å². The molecule has 0 bridgehead atoms. The molecule has 1 aromatic rings. The summed E-state index contributed by atoms with van der Waals surface area (Å²) in [7, 11) is -3.48. The number of nitrogens with zero attached hydrogens (tertiary/aromatic N) is 1. The Bertz CT molecular complexity index is 879. The molecular weight excluding hydrogens is 442 g/mol. The van der Waals surface area contributed by atoms with E-state index in [0.717, 1.165) is 51.9 Å². The number of benzene rings is 1. The van der Waals surface area contributed by atoms with E-state index in [4.69, 9.17) is 5.11 Å². The summed E-state index contributed by atoms with van der Waals surface area (Å²) in [6, 6.07) is 4.95. The first-order valence-electron chi connectivity index (χ1n) is 10.6. The molecule has 1 aliphatic carbocycles.